The zero-order valence-corrected chi connectivity index (χ0v) is 11.3. The third kappa shape index (κ3) is 2.71. The molecule has 1 atom stereocenters. The number of thiazole rings is 1. The van der Waals surface area contributed by atoms with E-state index in [0.29, 0.717) is 17.4 Å². The van der Waals surface area contributed by atoms with Crippen LogP contribution in [0, 0.1) is 24.2 Å². The van der Waals surface area contributed by atoms with E-state index in [0.717, 1.165) is 5.01 Å². The van der Waals surface area contributed by atoms with Crippen LogP contribution in [-0.4, -0.2) is 15.0 Å². The van der Waals surface area contributed by atoms with E-state index >= 15 is 0 Å². The predicted octanol–water partition coefficient (Wildman–Crippen LogP) is 2.68. The summed E-state index contributed by atoms with van der Waals surface area (Å²) >= 11 is 1.72. The Balaban J connectivity index is 1.79. The van der Waals surface area contributed by atoms with E-state index in [1.807, 2.05) is 12.3 Å². The first kappa shape index (κ1) is 12.1. The van der Waals surface area contributed by atoms with Gasteiger partial charge in [-0.05, 0) is 25.7 Å². The summed E-state index contributed by atoms with van der Waals surface area (Å²) in [5, 5.41) is 13.2. The van der Waals surface area contributed by atoms with Crippen LogP contribution in [0.25, 0.3) is 0 Å². The van der Waals surface area contributed by atoms with Gasteiger partial charge in [-0.25, -0.2) is 15.0 Å². The molecule has 0 aromatic carbocycles. The zero-order valence-electron chi connectivity index (χ0n) is 10.5. The van der Waals surface area contributed by atoms with E-state index in [2.05, 4.69) is 27.2 Å². The Bertz CT molecular complexity index is 609. The largest absolute Gasteiger partial charge is 0.359 e. The summed E-state index contributed by atoms with van der Waals surface area (Å²) in [5.74, 6) is 1.33. The molecule has 2 aromatic heterocycles. The standard InChI is InChI=1S/C13H13N5S/c1-8-5-17-13(19-8)12(9-2-3-9)18-11-7-15-10(4-14)6-16-11/h5-7,9,12H,2-3H2,1H3,(H,16,18). The number of nitrogens with zero attached hydrogens (tertiary/aromatic N) is 4. The smallest absolute Gasteiger partial charge is 0.158 e. The summed E-state index contributed by atoms with van der Waals surface area (Å²) in [6, 6.07) is 2.18. The number of hydrogen-bond donors (Lipinski definition) is 1. The SMILES string of the molecule is Cc1cnc(C(Nc2cnc(C#N)cn2)C2CC2)s1. The van der Waals surface area contributed by atoms with Gasteiger partial charge in [-0.3, -0.25) is 0 Å². The Morgan fingerprint density at radius 2 is 2.16 bits per heavy atom. The van der Waals surface area contributed by atoms with E-state index in [1.165, 1.54) is 23.9 Å². The van der Waals surface area contributed by atoms with Crippen LogP contribution in [-0.2, 0) is 0 Å². The Kier molecular flexibility index (Phi) is 3.13. The predicted molar refractivity (Wildman–Crippen MR) is 72.7 cm³/mol. The van der Waals surface area contributed by atoms with Gasteiger partial charge in [0.05, 0.1) is 18.4 Å². The lowest BCUT2D eigenvalue weighted by atomic mass is 10.2. The van der Waals surface area contributed by atoms with Crippen molar-refractivity contribution in [3.05, 3.63) is 34.2 Å². The molecule has 5 nitrogen and oxygen atoms in total. The van der Waals surface area contributed by atoms with Gasteiger partial charge in [0, 0.05) is 11.1 Å². The van der Waals surface area contributed by atoms with Gasteiger partial charge < -0.3 is 5.32 Å². The van der Waals surface area contributed by atoms with E-state index in [1.54, 1.807) is 17.5 Å². The highest BCUT2D eigenvalue weighted by Crippen LogP contribution is 2.43. The van der Waals surface area contributed by atoms with Gasteiger partial charge in [0.1, 0.15) is 16.9 Å². The summed E-state index contributed by atoms with van der Waals surface area (Å²) in [4.78, 5) is 13.9. The first-order chi connectivity index (χ1) is 9.26. The van der Waals surface area contributed by atoms with Crippen molar-refractivity contribution >= 4 is 17.2 Å². The minimum absolute atomic E-state index is 0.209. The molecule has 2 aromatic rings. The van der Waals surface area contributed by atoms with Crippen molar-refractivity contribution in [3.8, 4) is 6.07 Å². The first-order valence-corrected chi connectivity index (χ1v) is 6.99. The third-order valence-corrected chi connectivity index (χ3v) is 4.06. The van der Waals surface area contributed by atoms with Crippen LogP contribution >= 0.6 is 11.3 Å². The first-order valence-electron chi connectivity index (χ1n) is 6.17. The Morgan fingerprint density at radius 1 is 1.32 bits per heavy atom. The van der Waals surface area contributed by atoms with Crippen molar-refractivity contribution in [2.45, 2.75) is 25.8 Å². The number of hydrogen-bond acceptors (Lipinski definition) is 6. The summed E-state index contributed by atoms with van der Waals surface area (Å²) in [7, 11) is 0. The van der Waals surface area contributed by atoms with Crippen LogP contribution in [0.1, 0.15) is 34.5 Å². The maximum atomic E-state index is 8.71. The van der Waals surface area contributed by atoms with Gasteiger partial charge in [0.15, 0.2) is 5.69 Å². The summed E-state index contributed by atoms with van der Waals surface area (Å²) in [6.07, 6.45) is 7.44. The van der Waals surface area contributed by atoms with Crippen molar-refractivity contribution < 1.29 is 0 Å². The average Bonchev–Trinajstić information content (AvgIpc) is 3.19. The van der Waals surface area contributed by atoms with E-state index in [4.69, 9.17) is 5.26 Å². The number of aryl methyl sites for hydroxylation is 1. The minimum atomic E-state index is 0.209. The summed E-state index contributed by atoms with van der Waals surface area (Å²) in [6.45, 7) is 2.06. The van der Waals surface area contributed by atoms with Crippen LogP contribution in [0.2, 0.25) is 0 Å². The molecule has 1 fully saturated rings. The second-order valence-corrected chi connectivity index (χ2v) is 5.93. The van der Waals surface area contributed by atoms with Gasteiger partial charge in [-0.2, -0.15) is 5.26 Å². The Hall–Kier alpha value is -2.00. The van der Waals surface area contributed by atoms with Gasteiger partial charge >= 0.3 is 0 Å². The average molecular weight is 271 g/mol. The van der Waals surface area contributed by atoms with Crippen LogP contribution in [0.15, 0.2) is 18.6 Å². The Labute approximate surface area is 115 Å². The lowest BCUT2D eigenvalue weighted by molar-refractivity contribution is 0.669. The molecular weight excluding hydrogens is 258 g/mol. The molecule has 0 saturated heterocycles. The molecule has 1 aliphatic rings. The number of nitriles is 1. The molecular formula is C13H13N5S. The van der Waals surface area contributed by atoms with E-state index in [-0.39, 0.29) is 6.04 Å². The topological polar surface area (TPSA) is 74.5 Å². The van der Waals surface area contributed by atoms with Crippen molar-refractivity contribution in [1.82, 2.24) is 15.0 Å². The molecule has 0 amide bonds. The monoisotopic (exact) mass is 271 g/mol. The van der Waals surface area contributed by atoms with Gasteiger partial charge in [0.2, 0.25) is 0 Å². The van der Waals surface area contributed by atoms with Gasteiger partial charge in [-0.15, -0.1) is 11.3 Å². The van der Waals surface area contributed by atoms with Crippen LogP contribution in [0.4, 0.5) is 5.82 Å². The highest BCUT2D eigenvalue weighted by molar-refractivity contribution is 7.11. The molecule has 0 aliphatic heterocycles. The molecule has 1 saturated carbocycles. The maximum absolute atomic E-state index is 8.71. The fraction of sp³-hybridized carbons (Fsp3) is 0.385. The summed E-state index contributed by atoms with van der Waals surface area (Å²) < 4.78 is 0. The lowest BCUT2D eigenvalue weighted by Gasteiger charge is -2.15. The quantitative estimate of drug-likeness (QED) is 0.925. The maximum Gasteiger partial charge on any atom is 0.158 e. The highest BCUT2D eigenvalue weighted by Gasteiger charge is 2.34. The molecule has 96 valence electrons. The fourth-order valence-electron chi connectivity index (χ4n) is 1.95. The number of aromatic nitrogens is 3. The molecule has 19 heavy (non-hydrogen) atoms. The lowest BCUT2D eigenvalue weighted by Crippen LogP contribution is -2.13. The Morgan fingerprint density at radius 3 is 2.68 bits per heavy atom. The van der Waals surface area contributed by atoms with Gasteiger partial charge in [-0.1, -0.05) is 0 Å². The number of rotatable bonds is 4. The molecule has 2 heterocycles. The molecule has 1 N–H and O–H groups in total. The van der Waals surface area contributed by atoms with Crippen molar-refractivity contribution in [2.24, 2.45) is 5.92 Å². The van der Waals surface area contributed by atoms with Crippen molar-refractivity contribution in [1.29, 1.82) is 5.26 Å². The van der Waals surface area contributed by atoms with E-state index in [9.17, 15) is 0 Å². The second kappa shape index (κ2) is 4.94. The number of nitrogens with one attached hydrogen (secondary N) is 1. The second-order valence-electron chi connectivity index (χ2n) is 4.67. The molecule has 1 unspecified atom stereocenters. The molecule has 1 aliphatic carbocycles. The molecule has 0 radical (unpaired) electrons. The normalized spacial score (nSPS) is 15.8. The van der Waals surface area contributed by atoms with Crippen LogP contribution < -0.4 is 5.32 Å². The zero-order chi connectivity index (χ0) is 13.2. The van der Waals surface area contributed by atoms with Crippen molar-refractivity contribution in [3.63, 3.8) is 0 Å². The van der Waals surface area contributed by atoms with Crippen molar-refractivity contribution in [2.75, 3.05) is 5.32 Å². The number of anilines is 1. The molecule has 3 rings (SSSR count). The van der Waals surface area contributed by atoms with E-state index < -0.39 is 0 Å². The van der Waals surface area contributed by atoms with Gasteiger partial charge in [0.25, 0.3) is 0 Å². The molecule has 0 spiro atoms. The van der Waals surface area contributed by atoms with Crippen LogP contribution in [0.5, 0.6) is 0 Å². The summed E-state index contributed by atoms with van der Waals surface area (Å²) in [5.41, 5.74) is 0.332. The highest BCUT2D eigenvalue weighted by atomic mass is 32.1. The van der Waals surface area contributed by atoms with Crippen LogP contribution in [0.3, 0.4) is 0 Å². The minimum Gasteiger partial charge on any atom is -0.359 e. The molecule has 6 heteroatoms. The fourth-order valence-corrected chi connectivity index (χ4v) is 2.87. The molecule has 0 bridgehead atoms. The third-order valence-electron chi connectivity index (χ3n) is 3.07.